The summed E-state index contributed by atoms with van der Waals surface area (Å²) in [5.41, 5.74) is 1.12. The van der Waals surface area contributed by atoms with Crippen molar-refractivity contribution in [2.75, 3.05) is 6.61 Å². The van der Waals surface area contributed by atoms with E-state index < -0.39 is 16.6 Å². The summed E-state index contributed by atoms with van der Waals surface area (Å²) in [5.74, 6) is 0.360. The van der Waals surface area contributed by atoms with Gasteiger partial charge in [0.2, 0.25) is 0 Å². The van der Waals surface area contributed by atoms with Crippen molar-refractivity contribution in [3.8, 4) is 0 Å². The lowest BCUT2D eigenvalue weighted by atomic mass is 9.84. The molecule has 0 bridgehead atoms. The standard InChI is InChI=1S/C19H39NO3Si2/c1-18(2,3)24(7,8)22-15-11-14-13-21-20-17(14)16(12-15)23-25(9,10)19(4,5)6/h14-16H,11-13H2,1-10H3/t14-,15+,16-/m0/s1. The van der Waals surface area contributed by atoms with Gasteiger partial charge in [-0.05, 0) is 42.7 Å². The molecule has 0 radical (unpaired) electrons. The van der Waals surface area contributed by atoms with Crippen LogP contribution >= 0.6 is 0 Å². The monoisotopic (exact) mass is 385 g/mol. The van der Waals surface area contributed by atoms with Gasteiger partial charge in [-0.1, -0.05) is 46.7 Å². The zero-order valence-electron chi connectivity index (χ0n) is 18.0. The topological polar surface area (TPSA) is 40.0 Å². The lowest BCUT2D eigenvalue weighted by Gasteiger charge is -2.45. The van der Waals surface area contributed by atoms with Crippen molar-refractivity contribution >= 4 is 22.3 Å². The largest absolute Gasteiger partial charge is 0.414 e. The highest BCUT2D eigenvalue weighted by Crippen LogP contribution is 2.43. The maximum absolute atomic E-state index is 6.75. The highest BCUT2D eigenvalue weighted by Gasteiger charge is 2.47. The van der Waals surface area contributed by atoms with E-state index in [4.69, 9.17) is 13.7 Å². The normalized spacial score (nSPS) is 28.4. The molecule has 2 aliphatic rings. The Hall–Kier alpha value is -0.176. The van der Waals surface area contributed by atoms with E-state index in [1.54, 1.807) is 0 Å². The fourth-order valence-corrected chi connectivity index (χ4v) is 5.64. The molecule has 6 heteroatoms. The SMILES string of the molecule is CC(C)(C)[Si](C)(C)O[C@@H]1C[C@H]2CON=C2[C@@H](O[Si](C)(C)C(C)(C)C)C1. The van der Waals surface area contributed by atoms with Crippen LogP contribution in [0, 0.1) is 5.92 Å². The number of nitrogens with zero attached hydrogens (tertiary/aromatic N) is 1. The van der Waals surface area contributed by atoms with E-state index in [9.17, 15) is 0 Å². The Morgan fingerprint density at radius 2 is 1.40 bits per heavy atom. The Morgan fingerprint density at radius 1 is 0.880 bits per heavy atom. The molecule has 1 aliphatic heterocycles. The van der Waals surface area contributed by atoms with Gasteiger partial charge in [0, 0.05) is 18.4 Å². The molecule has 0 spiro atoms. The molecule has 1 heterocycles. The van der Waals surface area contributed by atoms with Crippen molar-refractivity contribution in [2.45, 2.75) is 103 Å². The fraction of sp³-hybridized carbons (Fsp3) is 0.947. The highest BCUT2D eigenvalue weighted by molar-refractivity contribution is 6.74. The first kappa shape index (κ1) is 21.1. The quantitative estimate of drug-likeness (QED) is 0.594. The molecule has 0 amide bonds. The first-order valence-electron chi connectivity index (χ1n) is 9.69. The summed E-state index contributed by atoms with van der Waals surface area (Å²) in [6.45, 7) is 23.8. The second-order valence-corrected chi connectivity index (χ2v) is 20.4. The first-order valence-corrected chi connectivity index (χ1v) is 15.5. The fourth-order valence-electron chi connectivity index (χ4n) is 2.98. The minimum absolute atomic E-state index is 0.0527. The molecule has 4 nitrogen and oxygen atoms in total. The van der Waals surface area contributed by atoms with Crippen molar-refractivity contribution in [1.29, 1.82) is 0 Å². The second-order valence-electron chi connectivity index (χ2n) is 10.8. The third-order valence-corrected chi connectivity index (χ3v) is 15.7. The number of fused-ring (bicyclic) bond motifs is 1. The molecular weight excluding hydrogens is 346 g/mol. The molecule has 3 atom stereocenters. The minimum Gasteiger partial charge on any atom is -0.414 e. The predicted octanol–water partition coefficient (Wildman–Crippen LogP) is 5.56. The van der Waals surface area contributed by atoms with E-state index >= 15 is 0 Å². The Bertz CT molecular complexity index is 518. The van der Waals surface area contributed by atoms with Gasteiger partial charge in [-0.15, -0.1) is 0 Å². The van der Waals surface area contributed by atoms with Gasteiger partial charge in [0.15, 0.2) is 16.6 Å². The number of hydrogen-bond donors (Lipinski definition) is 0. The minimum atomic E-state index is -1.86. The molecule has 2 rings (SSSR count). The zero-order chi connectivity index (χ0) is 19.3. The van der Waals surface area contributed by atoms with E-state index in [0.717, 1.165) is 18.6 Å². The Kier molecular flexibility index (Phi) is 5.72. The van der Waals surface area contributed by atoms with Crippen molar-refractivity contribution < 1.29 is 13.7 Å². The number of rotatable bonds is 4. The Balaban J connectivity index is 2.17. The van der Waals surface area contributed by atoms with E-state index in [2.05, 4.69) is 72.9 Å². The van der Waals surface area contributed by atoms with E-state index in [0.29, 0.717) is 12.5 Å². The van der Waals surface area contributed by atoms with Crippen molar-refractivity contribution in [1.82, 2.24) is 0 Å². The predicted molar refractivity (Wildman–Crippen MR) is 110 cm³/mol. The highest BCUT2D eigenvalue weighted by atomic mass is 28.4. The van der Waals surface area contributed by atoms with E-state index in [1.165, 1.54) is 0 Å². The Labute approximate surface area is 156 Å². The smallest absolute Gasteiger partial charge is 0.192 e. The van der Waals surface area contributed by atoms with E-state index in [1.807, 2.05) is 0 Å². The van der Waals surface area contributed by atoms with Gasteiger partial charge in [-0.2, -0.15) is 0 Å². The average Bonchev–Trinajstić information content (AvgIpc) is 2.83. The van der Waals surface area contributed by atoms with Crippen molar-refractivity contribution in [3.05, 3.63) is 0 Å². The summed E-state index contributed by atoms with van der Waals surface area (Å²) in [4.78, 5) is 5.45. The third-order valence-electron chi connectivity index (χ3n) is 6.73. The number of hydrogen-bond acceptors (Lipinski definition) is 4. The van der Waals surface area contributed by atoms with Crippen LogP contribution in [-0.4, -0.2) is 41.2 Å². The lowest BCUT2D eigenvalue weighted by Crippen LogP contribution is -2.52. The summed E-state index contributed by atoms with van der Waals surface area (Å²) < 4.78 is 13.5. The third kappa shape index (κ3) is 4.57. The van der Waals surface area contributed by atoms with Crippen LogP contribution in [-0.2, 0) is 13.7 Å². The number of oxime groups is 1. The molecule has 0 N–H and O–H groups in total. The molecule has 1 aliphatic carbocycles. The maximum atomic E-state index is 6.75. The molecule has 1 fully saturated rings. The van der Waals surface area contributed by atoms with Gasteiger partial charge in [0.05, 0.1) is 11.8 Å². The summed E-state index contributed by atoms with van der Waals surface area (Å²) >= 11 is 0. The molecule has 146 valence electrons. The van der Waals surface area contributed by atoms with Crippen LogP contribution in [0.5, 0.6) is 0 Å². The Morgan fingerprint density at radius 3 is 1.92 bits per heavy atom. The van der Waals surface area contributed by atoms with Crippen LogP contribution in [0.1, 0.15) is 54.4 Å². The van der Waals surface area contributed by atoms with Crippen LogP contribution in [0.2, 0.25) is 36.3 Å². The second kappa shape index (κ2) is 6.77. The van der Waals surface area contributed by atoms with E-state index in [-0.39, 0.29) is 22.3 Å². The molecule has 25 heavy (non-hydrogen) atoms. The van der Waals surface area contributed by atoms with Gasteiger partial charge in [0.25, 0.3) is 0 Å². The molecule has 1 saturated carbocycles. The summed E-state index contributed by atoms with van der Waals surface area (Å²) in [7, 11) is -3.64. The molecule has 0 saturated heterocycles. The summed E-state index contributed by atoms with van der Waals surface area (Å²) in [6.07, 6.45) is 2.23. The van der Waals surface area contributed by atoms with Crippen molar-refractivity contribution in [2.24, 2.45) is 11.1 Å². The first-order chi connectivity index (χ1) is 11.1. The van der Waals surface area contributed by atoms with Crippen molar-refractivity contribution in [3.63, 3.8) is 0 Å². The van der Waals surface area contributed by atoms with Gasteiger partial charge in [0.1, 0.15) is 6.61 Å². The maximum Gasteiger partial charge on any atom is 0.192 e. The van der Waals surface area contributed by atoms with Gasteiger partial charge >= 0.3 is 0 Å². The average molecular weight is 386 g/mol. The molecule has 0 aromatic carbocycles. The van der Waals surface area contributed by atoms with Crippen LogP contribution in [0.25, 0.3) is 0 Å². The van der Waals surface area contributed by atoms with Crippen LogP contribution < -0.4 is 0 Å². The van der Waals surface area contributed by atoms with Crippen LogP contribution in [0.3, 0.4) is 0 Å². The molecule has 0 aromatic heterocycles. The van der Waals surface area contributed by atoms with Crippen LogP contribution in [0.4, 0.5) is 0 Å². The van der Waals surface area contributed by atoms with Gasteiger partial charge in [-0.25, -0.2) is 0 Å². The molecule has 0 unspecified atom stereocenters. The lowest BCUT2D eigenvalue weighted by molar-refractivity contribution is 0.0813. The van der Waals surface area contributed by atoms with Gasteiger partial charge < -0.3 is 13.7 Å². The zero-order valence-corrected chi connectivity index (χ0v) is 20.0. The summed E-state index contributed by atoms with van der Waals surface area (Å²) in [5, 5.41) is 4.77. The van der Waals surface area contributed by atoms with Crippen LogP contribution in [0.15, 0.2) is 5.16 Å². The molecular formula is C19H39NO3Si2. The summed E-state index contributed by atoms with van der Waals surface area (Å²) in [6, 6.07) is 0. The molecule has 0 aromatic rings. The van der Waals surface area contributed by atoms with Gasteiger partial charge in [-0.3, -0.25) is 0 Å².